The Balaban J connectivity index is 2.59. The molecule has 1 rings (SSSR count). The SMILES string of the molecule is CC(C)(C)OC(=O)N[C@]1(C(=O)O)C[C@H]1CCO. The molecule has 17 heavy (non-hydrogen) atoms. The summed E-state index contributed by atoms with van der Waals surface area (Å²) in [6.45, 7) is 5.03. The van der Waals surface area contributed by atoms with Crippen LogP contribution in [0.2, 0.25) is 0 Å². The van der Waals surface area contributed by atoms with Crippen molar-refractivity contribution in [3.63, 3.8) is 0 Å². The maximum Gasteiger partial charge on any atom is 0.408 e. The normalized spacial score (nSPS) is 27.4. The second kappa shape index (κ2) is 4.52. The lowest BCUT2D eigenvalue weighted by atomic mass is 10.1. The molecule has 0 aromatic carbocycles. The van der Waals surface area contributed by atoms with Crippen molar-refractivity contribution < 1.29 is 24.5 Å². The largest absolute Gasteiger partial charge is 0.479 e. The van der Waals surface area contributed by atoms with Crippen LogP contribution in [0, 0.1) is 5.92 Å². The highest BCUT2D eigenvalue weighted by Gasteiger charge is 2.61. The number of carbonyl (C=O) groups is 2. The van der Waals surface area contributed by atoms with E-state index in [2.05, 4.69) is 5.32 Å². The van der Waals surface area contributed by atoms with Gasteiger partial charge in [-0.2, -0.15) is 0 Å². The van der Waals surface area contributed by atoms with Gasteiger partial charge in [-0.3, -0.25) is 0 Å². The van der Waals surface area contributed by atoms with Gasteiger partial charge in [-0.05, 0) is 39.5 Å². The number of carboxylic acid groups (broad SMARTS) is 1. The predicted molar refractivity (Wildman–Crippen MR) is 59.5 cm³/mol. The molecule has 0 radical (unpaired) electrons. The average molecular weight is 245 g/mol. The van der Waals surface area contributed by atoms with Crippen LogP contribution in [0.25, 0.3) is 0 Å². The number of rotatable bonds is 4. The number of aliphatic carboxylic acids is 1. The van der Waals surface area contributed by atoms with Crippen molar-refractivity contribution in [3.05, 3.63) is 0 Å². The van der Waals surface area contributed by atoms with Gasteiger partial charge in [0.15, 0.2) is 0 Å². The van der Waals surface area contributed by atoms with Gasteiger partial charge in [0.2, 0.25) is 0 Å². The zero-order chi connectivity index (χ0) is 13.3. The van der Waals surface area contributed by atoms with Crippen molar-refractivity contribution in [2.45, 2.75) is 44.8 Å². The standard InChI is InChI=1S/C11H19NO5/c1-10(2,3)17-9(16)12-11(8(14)15)6-7(11)4-5-13/h7,13H,4-6H2,1-3H3,(H,12,16)(H,14,15)/t7-,11-/m1/s1. The van der Waals surface area contributed by atoms with Crippen molar-refractivity contribution >= 4 is 12.1 Å². The van der Waals surface area contributed by atoms with Gasteiger partial charge in [0.05, 0.1) is 0 Å². The summed E-state index contributed by atoms with van der Waals surface area (Å²) in [7, 11) is 0. The Morgan fingerprint density at radius 3 is 2.47 bits per heavy atom. The van der Waals surface area contributed by atoms with Crippen LogP contribution in [0.15, 0.2) is 0 Å². The molecule has 1 amide bonds. The zero-order valence-electron chi connectivity index (χ0n) is 10.3. The molecule has 1 fully saturated rings. The number of carboxylic acids is 1. The molecule has 98 valence electrons. The summed E-state index contributed by atoms with van der Waals surface area (Å²) in [5, 5.41) is 20.3. The number of amides is 1. The Morgan fingerprint density at radius 2 is 2.06 bits per heavy atom. The van der Waals surface area contributed by atoms with E-state index in [1.807, 2.05) is 0 Å². The zero-order valence-corrected chi connectivity index (χ0v) is 10.3. The van der Waals surface area contributed by atoms with Crippen LogP contribution in [0.4, 0.5) is 4.79 Å². The molecular formula is C11H19NO5. The Labute approximate surface area is 100.0 Å². The fourth-order valence-corrected chi connectivity index (χ4v) is 1.79. The highest BCUT2D eigenvalue weighted by atomic mass is 16.6. The second-order valence-corrected chi connectivity index (χ2v) is 5.32. The van der Waals surface area contributed by atoms with Gasteiger partial charge in [0.1, 0.15) is 11.1 Å². The number of carbonyl (C=O) groups excluding carboxylic acids is 1. The van der Waals surface area contributed by atoms with E-state index in [1.165, 1.54) is 0 Å². The highest BCUT2D eigenvalue weighted by Crippen LogP contribution is 2.46. The Hall–Kier alpha value is -1.30. The van der Waals surface area contributed by atoms with Crippen molar-refractivity contribution in [3.8, 4) is 0 Å². The van der Waals surface area contributed by atoms with Gasteiger partial charge in [-0.1, -0.05) is 0 Å². The molecule has 6 heteroatoms. The van der Waals surface area contributed by atoms with E-state index in [1.54, 1.807) is 20.8 Å². The fourth-order valence-electron chi connectivity index (χ4n) is 1.79. The predicted octanol–water partition coefficient (Wildman–Crippen LogP) is 0.737. The van der Waals surface area contributed by atoms with Crippen LogP contribution in [0.5, 0.6) is 0 Å². The minimum Gasteiger partial charge on any atom is -0.479 e. The molecule has 0 saturated heterocycles. The lowest BCUT2D eigenvalue weighted by Gasteiger charge is -2.22. The summed E-state index contributed by atoms with van der Waals surface area (Å²) < 4.78 is 5.01. The van der Waals surface area contributed by atoms with E-state index < -0.39 is 23.2 Å². The maximum atomic E-state index is 11.5. The minimum atomic E-state index is -1.26. The van der Waals surface area contributed by atoms with Gasteiger partial charge < -0.3 is 20.3 Å². The van der Waals surface area contributed by atoms with Crippen LogP contribution >= 0.6 is 0 Å². The van der Waals surface area contributed by atoms with Gasteiger partial charge in [-0.15, -0.1) is 0 Å². The Kier molecular flexibility index (Phi) is 3.66. The van der Waals surface area contributed by atoms with Gasteiger partial charge in [0, 0.05) is 6.61 Å². The molecule has 1 aliphatic carbocycles. The Morgan fingerprint density at radius 1 is 1.47 bits per heavy atom. The molecule has 0 unspecified atom stereocenters. The number of alkyl carbamates (subject to hydrolysis) is 1. The third-order valence-corrected chi connectivity index (χ3v) is 2.69. The molecule has 3 N–H and O–H groups in total. The van der Waals surface area contributed by atoms with Crippen LogP contribution in [-0.4, -0.2) is 40.0 Å². The topological polar surface area (TPSA) is 95.9 Å². The molecule has 0 aliphatic heterocycles. The molecule has 0 aromatic rings. The first kappa shape index (κ1) is 13.8. The second-order valence-electron chi connectivity index (χ2n) is 5.32. The Bertz CT molecular complexity index is 322. The molecule has 0 bridgehead atoms. The number of aliphatic hydroxyl groups is 1. The molecule has 2 atom stereocenters. The van der Waals surface area contributed by atoms with E-state index in [9.17, 15) is 9.59 Å². The summed E-state index contributed by atoms with van der Waals surface area (Å²) in [6.07, 6.45) is -0.0372. The molecular weight excluding hydrogens is 226 g/mol. The lowest BCUT2D eigenvalue weighted by Crippen LogP contribution is -2.47. The van der Waals surface area contributed by atoms with E-state index >= 15 is 0 Å². The van der Waals surface area contributed by atoms with E-state index in [4.69, 9.17) is 14.9 Å². The molecule has 0 heterocycles. The van der Waals surface area contributed by atoms with Crippen LogP contribution in [-0.2, 0) is 9.53 Å². The minimum absolute atomic E-state index is 0.0876. The van der Waals surface area contributed by atoms with Crippen LogP contribution < -0.4 is 5.32 Å². The summed E-state index contributed by atoms with van der Waals surface area (Å²) >= 11 is 0. The average Bonchev–Trinajstić information content (AvgIpc) is 2.76. The number of hydrogen-bond donors (Lipinski definition) is 3. The van der Waals surface area contributed by atoms with Gasteiger partial charge in [0.25, 0.3) is 0 Å². The molecule has 1 aliphatic rings. The van der Waals surface area contributed by atoms with E-state index in [0.29, 0.717) is 12.8 Å². The molecule has 6 nitrogen and oxygen atoms in total. The first-order chi connectivity index (χ1) is 7.71. The highest BCUT2D eigenvalue weighted by molar-refractivity contribution is 5.88. The third kappa shape index (κ3) is 3.33. The third-order valence-electron chi connectivity index (χ3n) is 2.69. The van der Waals surface area contributed by atoms with Crippen molar-refractivity contribution in [2.24, 2.45) is 5.92 Å². The lowest BCUT2D eigenvalue weighted by molar-refractivity contribution is -0.141. The number of nitrogens with one attached hydrogen (secondary N) is 1. The number of ether oxygens (including phenoxy) is 1. The smallest absolute Gasteiger partial charge is 0.408 e. The number of hydrogen-bond acceptors (Lipinski definition) is 4. The van der Waals surface area contributed by atoms with E-state index in [-0.39, 0.29) is 12.5 Å². The van der Waals surface area contributed by atoms with Crippen molar-refractivity contribution in [1.29, 1.82) is 0 Å². The van der Waals surface area contributed by atoms with Gasteiger partial charge in [-0.25, -0.2) is 9.59 Å². The van der Waals surface area contributed by atoms with Gasteiger partial charge >= 0.3 is 12.1 Å². The van der Waals surface area contributed by atoms with E-state index in [0.717, 1.165) is 0 Å². The summed E-state index contributed by atoms with van der Waals surface area (Å²) in [6, 6.07) is 0. The van der Waals surface area contributed by atoms with Crippen LogP contribution in [0.3, 0.4) is 0 Å². The first-order valence-electron chi connectivity index (χ1n) is 5.57. The quantitative estimate of drug-likeness (QED) is 0.678. The molecule has 0 aromatic heterocycles. The fraction of sp³-hybridized carbons (Fsp3) is 0.818. The number of aliphatic hydroxyl groups excluding tert-OH is 1. The maximum absolute atomic E-state index is 11.5. The molecule has 0 spiro atoms. The molecule has 1 saturated carbocycles. The summed E-state index contributed by atoms with van der Waals surface area (Å²) in [5.41, 5.74) is -1.92. The van der Waals surface area contributed by atoms with Crippen LogP contribution in [0.1, 0.15) is 33.6 Å². The monoisotopic (exact) mass is 245 g/mol. The summed E-state index contributed by atoms with van der Waals surface area (Å²) in [5.74, 6) is -1.31. The van der Waals surface area contributed by atoms with Crippen molar-refractivity contribution in [1.82, 2.24) is 5.32 Å². The van der Waals surface area contributed by atoms with Crippen molar-refractivity contribution in [2.75, 3.05) is 6.61 Å². The summed E-state index contributed by atoms with van der Waals surface area (Å²) in [4.78, 5) is 22.6. The first-order valence-corrected chi connectivity index (χ1v) is 5.57.